The molecule has 1 saturated carbocycles. The minimum absolute atomic E-state index is 0.211. The predicted octanol–water partition coefficient (Wildman–Crippen LogP) is 0.670. The normalized spacial score (nSPS) is 27.1. The van der Waals surface area contributed by atoms with Crippen LogP contribution in [0.25, 0.3) is 0 Å². The summed E-state index contributed by atoms with van der Waals surface area (Å²) in [6.45, 7) is 1.31. The Morgan fingerprint density at radius 3 is 2.69 bits per heavy atom. The van der Waals surface area contributed by atoms with E-state index in [1.165, 1.54) is 0 Å². The van der Waals surface area contributed by atoms with Crippen LogP contribution in [0.2, 0.25) is 0 Å². The largest absolute Gasteiger partial charge is 0.391 e. The Morgan fingerprint density at radius 1 is 1.31 bits per heavy atom. The van der Waals surface area contributed by atoms with E-state index in [1.54, 1.807) is 30.5 Å². The molecule has 3 atom stereocenters. The van der Waals surface area contributed by atoms with Crippen LogP contribution < -0.4 is 5.32 Å². The monoisotopic (exact) mass is 357 g/mol. The summed E-state index contributed by atoms with van der Waals surface area (Å²) in [4.78, 5) is 12.5. The first-order chi connectivity index (χ1) is 12.5. The second-order valence-corrected chi connectivity index (χ2v) is 7.31. The van der Waals surface area contributed by atoms with Crippen molar-refractivity contribution in [2.45, 2.75) is 37.1 Å². The Hall–Kier alpha value is -2.22. The van der Waals surface area contributed by atoms with Crippen molar-refractivity contribution in [2.24, 2.45) is 5.92 Å². The highest BCUT2D eigenvalue weighted by Gasteiger charge is 2.38. The summed E-state index contributed by atoms with van der Waals surface area (Å²) in [5.74, 6) is 0.0719. The number of ether oxygens (including phenoxy) is 1. The predicted molar refractivity (Wildman–Crippen MR) is 93.4 cm³/mol. The average Bonchev–Trinajstić information content (AvgIpc) is 3.23. The Morgan fingerprint density at radius 2 is 2.08 bits per heavy atom. The smallest absolute Gasteiger partial charge is 0.251 e. The lowest BCUT2D eigenvalue weighted by Gasteiger charge is -2.36. The van der Waals surface area contributed by atoms with Crippen LogP contribution in [-0.2, 0) is 16.9 Å². The first-order valence-corrected chi connectivity index (χ1v) is 8.90. The van der Waals surface area contributed by atoms with Crippen molar-refractivity contribution in [1.82, 2.24) is 15.1 Å². The summed E-state index contributed by atoms with van der Waals surface area (Å²) in [6, 6.07) is 8.52. The van der Waals surface area contributed by atoms with Gasteiger partial charge in [-0.2, -0.15) is 5.10 Å². The highest BCUT2D eigenvalue weighted by Crippen LogP contribution is 2.30. The molecule has 26 heavy (non-hydrogen) atoms. The fourth-order valence-corrected chi connectivity index (χ4v) is 3.74. The molecule has 0 radical (unpaired) electrons. The standard InChI is InChI=1S/C19H23N3O4/c23-17-9-13(10-22-7-1-6-20-22)8-16(17)21-18(24)14-2-4-15(5-3-14)19(25)11-26-12-19/h1-7,13,16-17,23,25H,8-12H2,(H,21,24)/t13?,16-,17-/m1/s1. The molecule has 1 aromatic carbocycles. The van der Waals surface area contributed by atoms with Crippen molar-refractivity contribution in [3.8, 4) is 0 Å². The zero-order valence-corrected chi connectivity index (χ0v) is 14.4. The number of nitrogens with zero attached hydrogens (tertiary/aromatic N) is 2. The van der Waals surface area contributed by atoms with E-state index in [-0.39, 0.29) is 31.1 Å². The van der Waals surface area contributed by atoms with Crippen LogP contribution in [0.1, 0.15) is 28.8 Å². The molecule has 138 valence electrons. The molecule has 4 rings (SSSR count). The Labute approximate surface area is 151 Å². The Balaban J connectivity index is 1.35. The molecule has 1 unspecified atom stereocenters. The molecule has 1 aliphatic heterocycles. The molecule has 1 amide bonds. The lowest BCUT2D eigenvalue weighted by molar-refractivity contribution is -0.184. The van der Waals surface area contributed by atoms with E-state index in [2.05, 4.69) is 10.4 Å². The summed E-state index contributed by atoms with van der Waals surface area (Å²) in [6.07, 6.45) is 4.46. The third kappa shape index (κ3) is 3.38. The van der Waals surface area contributed by atoms with Crippen molar-refractivity contribution in [1.29, 1.82) is 0 Å². The molecule has 7 nitrogen and oxygen atoms in total. The number of aromatic nitrogens is 2. The van der Waals surface area contributed by atoms with Gasteiger partial charge in [-0.05, 0) is 42.5 Å². The summed E-state index contributed by atoms with van der Waals surface area (Å²) < 4.78 is 6.91. The zero-order valence-electron chi connectivity index (χ0n) is 14.4. The first-order valence-electron chi connectivity index (χ1n) is 8.90. The van der Waals surface area contributed by atoms with Crippen molar-refractivity contribution >= 4 is 5.91 Å². The van der Waals surface area contributed by atoms with Gasteiger partial charge in [-0.25, -0.2) is 0 Å². The second-order valence-electron chi connectivity index (χ2n) is 7.31. The van der Waals surface area contributed by atoms with Crippen LogP contribution in [0.5, 0.6) is 0 Å². The van der Waals surface area contributed by atoms with Gasteiger partial charge in [-0.15, -0.1) is 0 Å². The third-order valence-corrected chi connectivity index (χ3v) is 5.31. The third-order valence-electron chi connectivity index (χ3n) is 5.31. The van der Waals surface area contributed by atoms with Crippen LogP contribution in [0.3, 0.4) is 0 Å². The van der Waals surface area contributed by atoms with Gasteiger partial charge in [-0.3, -0.25) is 9.48 Å². The van der Waals surface area contributed by atoms with E-state index in [0.717, 1.165) is 18.5 Å². The number of aliphatic hydroxyl groups excluding tert-OH is 1. The van der Waals surface area contributed by atoms with Gasteiger partial charge < -0.3 is 20.3 Å². The number of nitrogens with one attached hydrogen (secondary N) is 1. The Bertz CT molecular complexity index is 756. The molecule has 0 bridgehead atoms. The number of hydrogen-bond donors (Lipinski definition) is 3. The molecule has 2 fully saturated rings. The van der Waals surface area contributed by atoms with Crippen LogP contribution in [0.4, 0.5) is 0 Å². The van der Waals surface area contributed by atoms with Crippen molar-refractivity contribution < 1.29 is 19.7 Å². The molecule has 1 saturated heterocycles. The summed E-state index contributed by atoms with van der Waals surface area (Å²) in [5.41, 5.74) is 0.330. The van der Waals surface area contributed by atoms with E-state index in [9.17, 15) is 15.0 Å². The van der Waals surface area contributed by atoms with Crippen molar-refractivity contribution in [3.63, 3.8) is 0 Å². The minimum atomic E-state index is -0.934. The van der Waals surface area contributed by atoms with Crippen LogP contribution in [0.15, 0.2) is 42.7 Å². The van der Waals surface area contributed by atoms with Gasteiger partial charge >= 0.3 is 0 Å². The second kappa shape index (κ2) is 6.83. The number of hydrogen-bond acceptors (Lipinski definition) is 5. The van der Waals surface area contributed by atoms with Gasteiger partial charge in [0.15, 0.2) is 0 Å². The lowest BCUT2D eigenvalue weighted by atomic mass is 9.91. The topological polar surface area (TPSA) is 96.6 Å². The molecule has 2 aromatic rings. The quantitative estimate of drug-likeness (QED) is 0.731. The molecule has 3 N–H and O–H groups in total. The van der Waals surface area contributed by atoms with E-state index in [0.29, 0.717) is 12.0 Å². The maximum absolute atomic E-state index is 12.5. The molecule has 2 aliphatic rings. The van der Waals surface area contributed by atoms with Gasteiger partial charge in [0.25, 0.3) is 5.91 Å². The molecular formula is C19H23N3O4. The molecular weight excluding hydrogens is 334 g/mol. The van der Waals surface area contributed by atoms with E-state index < -0.39 is 11.7 Å². The van der Waals surface area contributed by atoms with Crippen LogP contribution >= 0.6 is 0 Å². The summed E-state index contributed by atoms with van der Waals surface area (Å²) in [5, 5.41) is 27.7. The van der Waals surface area contributed by atoms with Gasteiger partial charge in [0, 0.05) is 24.5 Å². The number of carbonyl (C=O) groups is 1. The highest BCUT2D eigenvalue weighted by molar-refractivity contribution is 5.94. The molecule has 7 heteroatoms. The molecule has 0 spiro atoms. The lowest BCUT2D eigenvalue weighted by Crippen LogP contribution is -2.46. The SMILES string of the molecule is O=C(N[C@@H]1CC(Cn2cccn2)C[C@H]1O)c1ccc(C2(O)COC2)cc1. The van der Waals surface area contributed by atoms with E-state index >= 15 is 0 Å². The van der Waals surface area contributed by atoms with Gasteiger partial charge in [0.05, 0.1) is 25.4 Å². The maximum Gasteiger partial charge on any atom is 0.251 e. The number of amides is 1. The average molecular weight is 357 g/mol. The Kier molecular flexibility index (Phi) is 4.52. The van der Waals surface area contributed by atoms with Gasteiger partial charge in [-0.1, -0.05) is 12.1 Å². The van der Waals surface area contributed by atoms with Crippen molar-refractivity contribution in [3.05, 3.63) is 53.9 Å². The van der Waals surface area contributed by atoms with E-state index in [1.807, 2.05) is 16.9 Å². The van der Waals surface area contributed by atoms with Gasteiger partial charge in [0.2, 0.25) is 0 Å². The number of rotatable bonds is 5. The summed E-state index contributed by atoms with van der Waals surface area (Å²) in [7, 11) is 0. The fraction of sp³-hybridized carbons (Fsp3) is 0.474. The van der Waals surface area contributed by atoms with Crippen LogP contribution in [0, 0.1) is 5.92 Å². The number of carbonyl (C=O) groups excluding carboxylic acids is 1. The van der Waals surface area contributed by atoms with Gasteiger partial charge in [0.1, 0.15) is 5.60 Å². The summed E-state index contributed by atoms with van der Waals surface area (Å²) >= 11 is 0. The minimum Gasteiger partial charge on any atom is -0.391 e. The fourth-order valence-electron chi connectivity index (χ4n) is 3.74. The van der Waals surface area contributed by atoms with E-state index in [4.69, 9.17) is 4.74 Å². The molecule has 1 aliphatic carbocycles. The molecule has 1 aromatic heterocycles. The highest BCUT2D eigenvalue weighted by atomic mass is 16.5. The number of benzene rings is 1. The molecule has 2 heterocycles. The zero-order chi connectivity index (χ0) is 18.1. The van der Waals surface area contributed by atoms with Crippen molar-refractivity contribution in [2.75, 3.05) is 13.2 Å². The maximum atomic E-state index is 12.5. The first kappa shape index (κ1) is 17.2. The number of aliphatic hydroxyl groups is 2. The van der Waals surface area contributed by atoms with Crippen LogP contribution in [-0.4, -0.2) is 51.3 Å².